The van der Waals surface area contributed by atoms with Gasteiger partial charge in [-0.1, -0.05) is 36.4 Å². The Bertz CT molecular complexity index is 764. The maximum atomic E-state index is 13.7. The molecule has 1 atom stereocenters. The van der Waals surface area contributed by atoms with E-state index in [9.17, 15) is 4.39 Å². The van der Waals surface area contributed by atoms with Gasteiger partial charge in [0.25, 0.3) is 0 Å². The van der Waals surface area contributed by atoms with E-state index in [1.54, 1.807) is 12.1 Å². The van der Waals surface area contributed by atoms with Gasteiger partial charge in [-0.2, -0.15) is 5.10 Å². The number of aromatic nitrogens is 2. The van der Waals surface area contributed by atoms with E-state index in [2.05, 4.69) is 5.10 Å². The average molecular weight is 283 g/mol. The van der Waals surface area contributed by atoms with Crippen LogP contribution in [0.2, 0.25) is 0 Å². The Morgan fingerprint density at radius 3 is 2.62 bits per heavy atom. The van der Waals surface area contributed by atoms with Gasteiger partial charge in [-0.15, -0.1) is 0 Å². The Morgan fingerprint density at radius 1 is 1.10 bits per heavy atom. The lowest BCUT2D eigenvalue weighted by molar-refractivity contribution is 0.580. The number of hydrogen-bond donors (Lipinski definition) is 1. The minimum Gasteiger partial charge on any atom is -0.327 e. The van der Waals surface area contributed by atoms with Crippen molar-refractivity contribution in [3.8, 4) is 0 Å². The normalized spacial score (nSPS) is 12.7. The number of benzene rings is 2. The van der Waals surface area contributed by atoms with Crippen molar-refractivity contribution in [2.45, 2.75) is 18.9 Å². The zero-order valence-electron chi connectivity index (χ0n) is 12.0. The van der Waals surface area contributed by atoms with E-state index < -0.39 is 0 Å². The molecular weight excluding hydrogens is 265 g/mol. The summed E-state index contributed by atoms with van der Waals surface area (Å²) >= 11 is 0. The molecule has 21 heavy (non-hydrogen) atoms. The summed E-state index contributed by atoms with van der Waals surface area (Å²) in [5.41, 5.74) is 8.91. The molecule has 0 aliphatic rings. The fourth-order valence-electron chi connectivity index (χ4n) is 2.71. The minimum absolute atomic E-state index is 0.153. The summed E-state index contributed by atoms with van der Waals surface area (Å²) in [4.78, 5) is 0. The van der Waals surface area contributed by atoms with Crippen LogP contribution in [0.3, 0.4) is 0 Å². The first-order valence-electron chi connectivity index (χ1n) is 7.05. The molecule has 0 aliphatic carbocycles. The van der Waals surface area contributed by atoms with Crippen LogP contribution in [-0.2, 0) is 19.9 Å². The first-order valence-corrected chi connectivity index (χ1v) is 7.05. The van der Waals surface area contributed by atoms with Gasteiger partial charge >= 0.3 is 0 Å². The summed E-state index contributed by atoms with van der Waals surface area (Å²) in [6.45, 7) is 0. The predicted octanol–water partition coefficient (Wildman–Crippen LogP) is 2.82. The van der Waals surface area contributed by atoms with Gasteiger partial charge in [0.2, 0.25) is 0 Å². The van der Waals surface area contributed by atoms with Gasteiger partial charge in [-0.05, 0) is 24.1 Å². The van der Waals surface area contributed by atoms with Crippen LogP contribution in [-0.4, -0.2) is 15.8 Å². The zero-order chi connectivity index (χ0) is 14.8. The van der Waals surface area contributed by atoms with Crippen LogP contribution >= 0.6 is 0 Å². The Labute approximate surface area is 123 Å². The lowest BCUT2D eigenvalue weighted by Crippen LogP contribution is -2.26. The van der Waals surface area contributed by atoms with Crippen molar-refractivity contribution in [1.82, 2.24) is 9.78 Å². The van der Waals surface area contributed by atoms with Gasteiger partial charge in [0, 0.05) is 24.9 Å². The second kappa shape index (κ2) is 5.66. The standard InChI is InChI=1S/C17H18FN3/c1-21-17-9-5-3-7-14(17)16(20-21)11-13(19)10-12-6-2-4-8-15(12)18/h2-9,13H,10-11,19H2,1H3. The molecule has 0 amide bonds. The first kappa shape index (κ1) is 13.8. The van der Waals surface area contributed by atoms with Gasteiger partial charge in [0.05, 0.1) is 11.2 Å². The highest BCUT2D eigenvalue weighted by molar-refractivity contribution is 5.81. The van der Waals surface area contributed by atoms with E-state index in [1.807, 2.05) is 42.1 Å². The van der Waals surface area contributed by atoms with E-state index in [4.69, 9.17) is 5.73 Å². The summed E-state index contributed by atoms with van der Waals surface area (Å²) in [5, 5.41) is 5.65. The molecule has 0 radical (unpaired) electrons. The average Bonchev–Trinajstić information content (AvgIpc) is 2.79. The molecule has 0 fully saturated rings. The van der Waals surface area contributed by atoms with Gasteiger partial charge < -0.3 is 5.73 Å². The van der Waals surface area contributed by atoms with E-state index in [1.165, 1.54) is 6.07 Å². The van der Waals surface area contributed by atoms with Crippen LogP contribution in [0, 0.1) is 5.82 Å². The second-order valence-corrected chi connectivity index (χ2v) is 5.35. The third-order valence-electron chi connectivity index (χ3n) is 3.73. The molecule has 0 saturated heterocycles. The Hall–Kier alpha value is -2.20. The van der Waals surface area contributed by atoms with Gasteiger partial charge in [0.15, 0.2) is 0 Å². The maximum Gasteiger partial charge on any atom is 0.126 e. The Morgan fingerprint density at radius 2 is 1.81 bits per heavy atom. The number of nitrogens with two attached hydrogens (primary N) is 1. The minimum atomic E-state index is -0.196. The molecule has 2 aromatic carbocycles. The molecule has 3 rings (SSSR count). The molecular formula is C17H18FN3. The number of halogens is 1. The third kappa shape index (κ3) is 2.81. The van der Waals surface area contributed by atoms with Crippen molar-refractivity contribution in [3.63, 3.8) is 0 Å². The van der Waals surface area contributed by atoms with Crippen molar-refractivity contribution >= 4 is 10.9 Å². The Balaban J connectivity index is 1.81. The number of rotatable bonds is 4. The van der Waals surface area contributed by atoms with Crippen LogP contribution in [0.5, 0.6) is 0 Å². The van der Waals surface area contributed by atoms with Crippen molar-refractivity contribution in [1.29, 1.82) is 0 Å². The smallest absolute Gasteiger partial charge is 0.126 e. The summed E-state index contributed by atoms with van der Waals surface area (Å²) in [7, 11) is 1.92. The van der Waals surface area contributed by atoms with E-state index in [0.717, 1.165) is 16.6 Å². The van der Waals surface area contributed by atoms with Gasteiger partial charge in [-0.3, -0.25) is 4.68 Å². The van der Waals surface area contributed by atoms with E-state index in [-0.39, 0.29) is 11.9 Å². The summed E-state index contributed by atoms with van der Waals surface area (Å²) in [6, 6.07) is 14.7. The SMILES string of the molecule is Cn1nc(CC(N)Cc2ccccc2F)c2ccccc21. The first-order chi connectivity index (χ1) is 10.1. The molecule has 1 unspecified atom stereocenters. The molecule has 0 saturated carbocycles. The highest BCUT2D eigenvalue weighted by Crippen LogP contribution is 2.19. The van der Waals surface area contributed by atoms with Crippen molar-refractivity contribution < 1.29 is 4.39 Å². The zero-order valence-corrected chi connectivity index (χ0v) is 12.0. The molecule has 3 aromatic rings. The number of hydrogen-bond acceptors (Lipinski definition) is 2. The Kier molecular flexibility index (Phi) is 3.71. The summed E-state index contributed by atoms with van der Waals surface area (Å²) < 4.78 is 15.5. The predicted molar refractivity (Wildman–Crippen MR) is 82.5 cm³/mol. The molecule has 2 N–H and O–H groups in total. The van der Waals surface area contributed by atoms with Crippen molar-refractivity contribution in [2.75, 3.05) is 0 Å². The molecule has 3 nitrogen and oxygen atoms in total. The van der Waals surface area contributed by atoms with Crippen LogP contribution in [0.1, 0.15) is 11.3 Å². The highest BCUT2D eigenvalue weighted by atomic mass is 19.1. The highest BCUT2D eigenvalue weighted by Gasteiger charge is 2.13. The maximum absolute atomic E-state index is 13.7. The fourth-order valence-corrected chi connectivity index (χ4v) is 2.71. The van der Waals surface area contributed by atoms with Crippen LogP contribution in [0.15, 0.2) is 48.5 Å². The monoisotopic (exact) mass is 283 g/mol. The fraction of sp³-hybridized carbons (Fsp3) is 0.235. The largest absolute Gasteiger partial charge is 0.327 e. The van der Waals surface area contributed by atoms with Gasteiger partial charge in [-0.25, -0.2) is 4.39 Å². The lowest BCUT2D eigenvalue weighted by atomic mass is 10.0. The quantitative estimate of drug-likeness (QED) is 0.800. The molecule has 4 heteroatoms. The van der Waals surface area contributed by atoms with Crippen LogP contribution in [0.25, 0.3) is 10.9 Å². The van der Waals surface area contributed by atoms with Crippen molar-refractivity contribution in [2.24, 2.45) is 12.8 Å². The second-order valence-electron chi connectivity index (χ2n) is 5.35. The molecule has 0 spiro atoms. The molecule has 0 aliphatic heterocycles. The van der Waals surface area contributed by atoms with E-state index in [0.29, 0.717) is 18.4 Å². The number of nitrogens with zero attached hydrogens (tertiary/aromatic N) is 2. The molecule has 0 bridgehead atoms. The summed E-state index contributed by atoms with van der Waals surface area (Å²) in [6.07, 6.45) is 1.15. The summed E-state index contributed by atoms with van der Waals surface area (Å²) in [5.74, 6) is -0.196. The van der Waals surface area contributed by atoms with Crippen LogP contribution in [0.4, 0.5) is 4.39 Å². The van der Waals surface area contributed by atoms with Crippen molar-refractivity contribution in [3.05, 3.63) is 65.6 Å². The topological polar surface area (TPSA) is 43.8 Å². The number of aryl methyl sites for hydroxylation is 1. The van der Waals surface area contributed by atoms with E-state index >= 15 is 0 Å². The number of para-hydroxylation sites is 1. The number of fused-ring (bicyclic) bond motifs is 1. The lowest BCUT2D eigenvalue weighted by Gasteiger charge is -2.11. The van der Waals surface area contributed by atoms with Crippen LogP contribution < -0.4 is 5.73 Å². The molecule has 1 heterocycles. The molecule has 108 valence electrons. The third-order valence-corrected chi connectivity index (χ3v) is 3.73. The van der Waals surface area contributed by atoms with Gasteiger partial charge in [0.1, 0.15) is 5.82 Å². The molecule has 1 aromatic heterocycles.